The Labute approximate surface area is 525 Å². The van der Waals surface area contributed by atoms with Crippen molar-refractivity contribution in [1.82, 2.24) is 0 Å². The fourth-order valence-corrected chi connectivity index (χ4v) is 11.2. The van der Waals surface area contributed by atoms with Crippen molar-refractivity contribution in [3.8, 4) is 0 Å². The lowest BCUT2D eigenvalue weighted by Gasteiger charge is -2.04. The van der Waals surface area contributed by atoms with Gasteiger partial charge in [0.25, 0.3) is 0 Å². The number of aliphatic carboxylic acids is 4. The van der Waals surface area contributed by atoms with Gasteiger partial charge in [0.15, 0.2) is 0 Å². The van der Waals surface area contributed by atoms with Gasteiger partial charge >= 0.3 is 23.9 Å². The SMILES string of the molecule is CC(C)CCCCCCCCCCCCCCC(=O)O.CCCCCCCCCCCCCCCC(=O)O.CCCCCCCCCCCCCCCCCCCC(=O)O.CCCCCCCCCCCCCCCCCCCCCC(=O)O. The largest absolute Gasteiger partial charge is 0.481 e. The van der Waals surface area contributed by atoms with Crippen molar-refractivity contribution in [2.45, 2.75) is 458 Å². The molecule has 8 heteroatoms. The second-order valence-corrected chi connectivity index (χ2v) is 26.3. The summed E-state index contributed by atoms with van der Waals surface area (Å²) in [6.45, 7) is 11.4. The maximum absolute atomic E-state index is 10.4. The van der Waals surface area contributed by atoms with Crippen molar-refractivity contribution in [3.05, 3.63) is 0 Å². The van der Waals surface area contributed by atoms with Crippen molar-refractivity contribution in [3.63, 3.8) is 0 Å². The number of carbonyl (C=O) groups is 4. The van der Waals surface area contributed by atoms with Gasteiger partial charge in [-0.05, 0) is 31.6 Å². The summed E-state index contributed by atoms with van der Waals surface area (Å²) < 4.78 is 0. The number of carboxylic acid groups (broad SMARTS) is 4. The van der Waals surface area contributed by atoms with Crippen LogP contribution in [0.15, 0.2) is 0 Å². The molecule has 0 saturated heterocycles. The van der Waals surface area contributed by atoms with Gasteiger partial charge in [0.05, 0.1) is 0 Å². The second-order valence-electron chi connectivity index (χ2n) is 26.3. The highest BCUT2D eigenvalue weighted by Gasteiger charge is 2.02. The molecule has 504 valence electrons. The molecule has 0 aliphatic carbocycles. The summed E-state index contributed by atoms with van der Waals surface area (Å²) in [5.41, 5.74) is 0. The van der Waals surface area contributed by atoms with Gasteiger partial charge in [0, 0.05) is 25.7 Å². The van der Waals surface area contributed by atoms with Crippen molar-refractivity contribution >= 4 is 23.9 Å². The molecule has 0 aromatic carbocycles. The Morgan fingerprint density at radius 3 is 0.405 bits per heavy atom. The van der Waals surface area contributed by atoms with Crippen LogP contribution in [0.4, 0.5) is 0 Å². The normalized spacial score (nSPS) is 11.0. The quantitative estimate of drug-likeness (QED) is 0.0440. The minimum absolute atomic E-state index is 0.344. The lowest BCUT2D eigenvalue weighted by atomic mass is 10.0. The highest BCUT2D eigenvalue weighted by atomic mass is 16.4. The Morgan fingerprint density at radius 1 is 0.190 bits per heavy atom. The van der Waals surface area contributed by atoms with Crippen LogP contribution in [0, 0.1) is 5.92 Å². The summed E-state index contributed by atoms with van der Waals surface area (Å²) in [7, 11) is 0. The molecule has 0 radical (unpaired) electrons. The number of rotatable bonds is 67. The molecular weight excluding hydrogens is 1040 g/mol. The van der Waals surface area contributed by atoms with E-state index in [0.717, 1.165) is 57.3 Å². The molecule has 0 amide bonds. The fraction of sp³-hybridized carbons (Fsp3) is 0.947. The molecule has 8 nitrogen and oxygen atoms in total. The third-order valence-electron chi connectivity index (χ3n) is 16.9. The van der Waals surface area contributed by atoms with Gasteiger partial charge in [-0.1, -0.05) is 407 Å². The van der Waals surface area contributed by atoms with Crippen LogP contribution in [0.25, 0.3) is 0 Å². The Balaban J connectivity index is -0.000000511. The zero-order chi connectivity index (χ0) is 62.6. The molecule has 0 unspecified atom stereocenters. The number of hydrogen-bond donors (Lipinski definition) is 4. The van der Waals surface area contributed by atoms with E-state index in [1.165, 1.54) is 347 Å². The molecule has 0 fully saturated rings. The summed E-state index contributed by atoms with van der Waals surface area (Å²) >= 11 is 0. The van der Waals surface area contributed by atoms with E-state index in [4.69, 9.17) is 20.4 Å². The molecule has 0 bridgehead atoms. The summed E-state index contributed by atoms with van der Waals surface area (Å²) in [4.78, 5) is 41.4. The van der Waals surface area contributed by atoms with E-state index in [0.29, 0.717) is 25.7 Å². The summed E-state index contributed by atoms with van der Waals surface area (Å²) in [5, 5.41) is 34.1. The molecule has 0 aliphatic heterocycles. The molecule has 4 N–H and O–H groups in total. The van der Waals surface area contributed by atoms with E-state index in [2.05, 4.69) is 34.6 Å². The first-order valence-electron chi connectivity index (χ1n) is 37.8. The van der Waals surface area contributed by atoms with Crippen LogP contribution in [0.5, 0.6) is 0 Å². The van der Waals surface area contributed by atoms with Gasteiger partial charge in [-0.25, -0.2) is 0 Å². The van der Waals surface area contributed by atoms with Gasteiger partial charge in [0.1, 0.15) is 0 Å². The van der Waals surface area contributed by atoms with E-state index < -0.39 is 23.9 Å². The molecule has 0 aromatic heterocycles. The van der Waals surface area contributed by atoms with Crippen LogP contribution in [0.3, 0.4) is 0 Å². The molecule has 0 aliphatic rings. The molecule has 0 spiro atoms. The fourth-order valence-electron chi connectivity index (χ4n) is 11.2. The van der Waals surface area contributed by atoms with Crippen molar-refractivity contribution in [1.29, 1.82) is 0 Å². The van der Waals surface area contributed by atoms with Crippen molar-refractivity contribution < 1.29 is 39.6 Å². The Hall–Kier alpha value is -2.12. The zero-order valence-corrected chi connectivity index (χ0v) is 57.7. The van der Waals surface area contributed by atoms with Crippen LogP contribution in [0.2, 0.25) is 0 Å². The van der Waals surface area contributed by atoms with E-state index in [1.807, 2.05) is 0 Å². The maximum atomic E-state index is 10.4. The second kappa shape index (κ2) is 82.9. The predicted octanol–water partition coefficient (Wildman–Crippen LogP) is 26.7. The van der Waals surface area contributed by atoms with Crippen LogP contribution in [-0.2, 0) is 19.2 Å². The van der Waals surface area contributed by atoms with E-state index in [1.54, 1.807) is 0 Å². The van der Waals surface area contributed by atoms with Gasteiger partial charge in [-0.2, -0.15) is 0 Å². The molecular formula is C76H152O8. The molecule has 0 heterocycles. The molecule has 84 heavy (non-hydrogen) atoms. The zero-order valence-electron chi connectivity index (χ0n) is 57.7. The number of hydrogen-bond acceptors (Lipinski definition) is 4. The van der Waals surface area contributed by atoms with Crippen molar-refractivity contribution in [2.75, 3.05) is 0 Å². The highest BCUT2D eigenvalue weighted by Crippen LogP contribution is 2.19. The average Bonchev–Trinajstić information content (AvgIpc) is 3.46. The average molecular weight is 1190 g/mol. The minimum Gasteiger partial charge on any atom is -0.481 e. The van der Waals surface area contributed by atoms with Crippen LogP contribution < -0.4 is 0 Å². The van der Waals surface area contributed by atoms with Gasteiger partial charge in [0.2, 0.25) is 0 Å². The summed E-state index contributed by atoms with van der Waals surface area (Å²) in [5.74, 6) is -1.75. The van der Waals surface area contributed by atoms with Crippen molar-refractivity contribution in [2.24, 2.45) is 5.92 Å². The third-order valence-corrected chi connectivity index (χ3v) is 16.9. The van der Waals surface area contributed by atoms with E-state index in [9.17, 15) is 19.2 Å². The molecule has 0 rings (SSSR count). The summed E-state index contributed by atoms with van der Waals surface area (Å²) in [6, 6.07) is 0. The molecule has 0 atom stereocenters. The van der Waals surface area contributed by atoms with Gasteiger partial charge in [-0.3, -0.25) is 19.2 Å². The van der Waals surface area contributed by atoms with Crippen LogP contribution in [0.1, 0.15) is 458 Å². The topological polar surface area (TPSA) is 149 Å². The first-order chi connectivity index (χ1) is 40.9. The third kappa shape index (κ3) is 102. The van der Waals surface area contributed by atoms with Gasteiger partial charge < -0.3 is 20.4 Å². The Kier molecular flexibility index (Phi) is 87.2. The van der Waals surface area contributed by atoms with E-state index in [-0.39, 0.29) is 0 Å². The Morgan fingerprint density at radius 2 is 0.298 bits per heavy atom. The lowest BCUT2D eigenvalue weighted by molar-refractivity contribution is -0.138. The molecule has 0 aromatic rings. The first kappa shape index (κ1) is 88.3. The van der Waals surface area contributed by atoms with E-state index >= 15 is 0 Å². The minimum atomic E-state index is -0.655. The number of carboxylic acids is 4. The monoisotopic (exact) mass is 1190 g/mol. The number of unbranched alkanes of at least 4 members (excludes halogenated alkanes) is 57. The van der Waals surface area contributed by atoms with Crippen LogP contribution in [-0.4, -0.2) is 44.3 Å². The summed E-state index contributed by atoms with van der Waals surface area (Å²) in [6.07, 6.45) is 83.8. The van der Waals surface area contributed by atoms with Gasteiger partial charge in [-0.15, -0.1) is 0 Å². The van der Waals surface area contributed by atoms with Crippen LogP contribution >= 0.6 is 0 Å². The first-order valence-corrected chi connectivity index (χ1v) is 37.8. The molecule has 0 saturated carbocycles. The Bertz CT molecular complexity index is 1240. The standard InChI is InChI=1S/C22H44O2.C20H40O2.C18H36O2.C16H32O2/c1-2-3-4-5-6-7-8-9-10-11-12-13-14-15-16-17-18-19-20-21-22(23)24;1-2-3-4-5-6-7-8-9-10-11-12-13-14-15-16-17-18-19-20(21)22;1-17(2)15-13-11-9-7-5-3-4-6-8-10-12-14-16-18(19)20;1-2-3-4-5-6-7-8-9-10-11-12-13-14-15-16(17)18/h2-21H2,1H3,(H,23,24);2-19H2,1H3,(H,21,22);17H,3-16H2,1-2H3,(H,19,20);2-15H2,1H3,(H,17,18). The predicted molar refractivity (Wildman–Crippen MR) is 367 cm³/mol. The lowest BCUT2D eigenvalue weighted by Crippen LogP contribution is -1.93. The maximum Gasteiger partial charge on any atom is 0.303 e. The highest BCUT2D eigenvalue weighted by molar-refractivity contribution is 5.67. The smallest absolute Gasteiger partial charge is 0.303 e.